The van der Waals surface area contributed by atoms with Gasteiger partial charge in [0.15, 0.2) is 5.82 Å². The van der Waals surface area contributed by atoms with E-state index in [0.717, 1.165) is 16.4 Å². The molecule has 0 aliphatic rings. The van der Waals surface area contributed by atoms with Crippen LogP contribution in [0.15, 0.2) is 17.0 Å². The average Bonchev–Trinajstić information content (AvgIpc) is 2.31. The number of hydrogen-bond donors (Lipinski definition) is 2. The van der Waals surface area contributed by atoms with Crippen LogP contribution in [-0.2, 0) is 10.0 Å². The van der Waals surface area contributed by atoms with Gasteiger partial charge in [-0.05, 0) is 19.1 Å². The molecule has 1 aromatic carbocycles. The second kappa shape index (κ2) is 5.40. The first-order valence-electron chi connectivity index (χ1n) is 5.05. The number of likely N-dealkylation sites (N-methyl/N-ethyl adjacent to an activating group) is 1. The zero-order valence-electron chi connectivity index (χ0n) is 9.89. The van der Waals surface area contributed by atoms with E-state index in [9.17, 15) is 12.8 Å². The van der Waals surface area contributed by atoms with Gasteiger partial charge in [0, 0.05) is 18.1 Å². The highest BCUT2D eigenvalue weighted by Gasteiger charge is 2.29. The molecule has 0 spiro atoms. The van der Waals surface area contributed by atoms with Crippen molar-refractivity contribution in [3.8, 4) is 0 Å². The minimum absolute atomic E-state index is 0.0255. The van der Waals surface area contributed by atoms with Crippen LogP contribution < -0.4 is 5.73 Å². The zero-order valence-corrected chi connectivity index (χ0v) is 11.5. The lowest BCUT2D eigenvalue weighted by atomic mass is 10.3. The smallest absolute Gasteiger partial charge is 0.246 e. The quantitative estimate of drug-likeness (QED) is 0.814. The maximum Gasteiger partial charge on any atom is 0.246 e. The molecule has 5 nitrogen and oxygen atoms in total. The molecule has 0 bridgehead atoms. The van der Waals surface area contributed by atoms with Crippen molar-refractivity contribution in [2.24, 2.45) is 0 Å². The van der Waals surface area contributed by atoms with Crippen LogP contribution in [0.3, 0.4) is 0 Å². The molecule has 8 heteroatoms. The third kappa shape index (κ3) is 2.74. The maximum absolute atomic E-state index is 13.8. The first-order chi connectivity index (χ1) is 8.21. The summed E-state index contributed by atoms with van der Waals surface area (Å²) >= 11 is 5.67. The SMILES string of the molecule is CC(CO)N(C)S(=O)(=O)c1cc(Cl)cc(N)c1F. The number of sulfonamides is 1. The van der Waals surface area contributed by atoms with E-state index in [0.29, 0.717) is 0 Å². The van der Waals surface area contributed by atoms with Crippen molar-refractivity contribution in [2.45, 2.75) is 17.9 Å². The summed E-state index contributed by atoms with van der Waals surface area (Å²) in [6.07, 6.45) is 0. The van der Waals surface area contributed by atoms with Gasteiger partial charge in [0.1, 0.15) is 4.90 Å². The molecule has 1 rings (SSSR count). The zero-order chi connectivity index (χ0) is 14.1. The fourth-order valence-electron chi connectivity index (χ4n) is 1.28. The van der Waals surface area contributed by atoms with Gasteiger partial charge in [-0.3, -0.25) is 0 Å². The number of halogens is 2. The topological polar surface area (TPSA) is 83.6 Å². The monoisotopic (exact) mass is 296 g/mol. The normalized spacial score (nSPS) is 13.9. The molecule has 102 valence electrons. The van der Waals surface area contributed by atoms with Crippen molar-refractivity contribution in [3.63, 3.8) is 0 Å². The number of rotatable bonds is 4. The van der Waals surface area contributed by atoms with E-state index < -0.39 is 26.8 Å². The lowest BCUT2D eigenvalue weighted by molar-refractivity contribution is 0.213. The summed E-state index contributed by atoms with van der Waals surface area (Å²) < 4.78 is 38.9. The van der Waals surface area contributed by atoms with Gasteiger partial charge in [-0.2, -0.15) is 4.31 Å². The van der Waals surface area contributed by atoms with E-state index in [1.54, 1.807) is 0 Å². The molecule has 3 N–H and O–H groups in total. The van der Waals surface area contributed by atoms with Gasteiger partial charge in [-0.25, -0.2) is 12.8 Å². The fraction of sp³-hybridized carbons (Fsp3) is 0.400. The summed E-state index contributed by atoms with van der Waals surface area (Å²) in [7, 11) is -2.85. The molecule has 1 atom stereocenters. The van der Waals surface area contributed by atoms with Crippen LogP contribution in [0, 0.1) is 5.82 Å². The number of aliphatic hydroxyl groups is 1. The summed E-state index contributed by atoms with van der Waals surface area (Å²) in [5.41, 5.74) is 4.99. The Bertz CT molecular complexity index is 550. The predicted octanol–water partition coefficient (Wildman–Crippen LogP) is 1.06. The molecule has 0 saturated carbocycles. The van der Waals surface area contributed by atoms with Crippen LogP contribution in [0.4, 0.5) is 10.1 Å². The highest BCUT2D eigenvalue weighted by Crippen LogP contribution is 2.27. The summed E-state index contributed by atoms with van der Waals surface area (Å²) in [4.78, 5) is -0.602. The summed E-state index contributed by atoms with van der Waals surface area (Å²) in [6, 6.07) is 1.43. The molecule has 0 aliphatic carbocycles. The Morgan fingerprint density at radius 1 is 1.56 bits per heavy atom. The Morgan fingerprint density at radius 2 is 2.11 bits per heavy atom. The molecule has 1 aromatic rings. The molecule has 0 aromatic heterocycles. The highest BCUT2D eigenvalue weighted by molar-refractivity contribution is 7.89. The molecule has 0 fully saturated rings. The predicted molar refractivity (Wildman–Crippen MR) is 67.3 cm³/mol. The maximum atomic E-state index is 13.8. The number of nitrogens with two attached hydrogens (primary N) is 1. The third-order valence-electron chi connectivity index (χ3n) is 2.57. The molecule has 1 unspecified atom stereocenters. The molecule has 0 saturated heterocycles. The molecule has 0 amide bonds. The fourth-order valence-corrected chi connectivity index (χ4v) is 3.04. The van der Waals surface area contributed by atoms with Crippen molar-refractivity contribution >= 4 is 27.3 Å². The van der Waals surface area contributed by atoms with E-state index in [4.69, 9.17) is 22.4 Å². The molecule has 0 aliphatic heterocycles. The lowest BCUT2D eigenvalue weighted by Gasteiger charge is -2.23. The first-order valence-corrected chi connectivity index (χ1v) is 6.87. The molecular weight excluding hydrogens is 283 g/mol. The number of anilines is 1. The van der Waals surface area contributed by atoms with Crippen molar-refractivity contribution in [1.82, 2.24) is 4.31 Å². The Kier molecular flexibility index (Phi) is 4.55. The Hall–Kier alpha value is -0.890. The molecule has 18 heavy (non-hydrogen) atoms. The number of benzene rings is 1. The lowest BCUT2D eigenvalue weighted by Crippen LogP contribution is -2.37. The largest absolute Gasteiger partial charge is 0.396 e. The Balaban J connectivity index is 3.37. The summed E-state index contributed by atoms with van der Waals surface area (Å²) in [5, 5.41) is 8.97. The van der Waals surface area contributed by atoms with Gasteiger partial charge in [0.2, 0.25) is 10.0 Å². The van der Waals surface area contributed by atoms with E-state index in [1.807, 2.05) is 0 Å². The van der Waals surface area contributed by atoms with Crippen molar-refractivity contribution in [2.75, 3.05) is 19.4 Å². The van der Waals surface area contributed by atoms with Gasteiger partial charge < -0.3 is 10.8 Å². The minimum atomic E-state index is -4.09. The second-order valence-corrected chi connectivity index (χ2v) is 6.26. The molecule has 0 heterocycles. The van der Waals surface area contributed by atoms with Crippen molar-refractivity contribution < 1.29 is 17.9 Å². The van der Waals surface area contributed by atoms with Crippen molar-refractivity contribution in [1.29, 1.82) is 0 Å². The van der Waals surface area contributed by atoms with Gasteiger partial charge >= 0.3 is 0 Å². The minimum Gasteiger partial charge on any atom is -0.396 e. The van der Waals surface area contributed by atoms with Crippen molar-refractivity contribution in [3.05, 3.63) is 23.0 Å². The van der Waals surface area contributed by atoms with Crippen LogP contribution in [0.1, 0.15) is 6.92 Å². The van der Waals surface area contributed by atoms with E-state index in [-0.39, 0.29) is 17.3 Å². The number of nitrogen functional groups attached to an aromatic ring is 1. The number of aliphatic hydroxyl groups excluding tert-OH is 1. The van der Waals surface area contributed by atoms with Gasteiger partial charge in [-0.1, -0.05) is 11.6 Å². The number of nitrogens with zero attached hydrogens (tertiary/aromatic N) is 1. The Morgan fingerprint density at radius 3 is 2.61 bits per heavy atom. The van der Waals surface area contributed by atoms with Gasteiger partial charge in [0.05, 0.1) is 12.3 Å². The van der Waals surface area contributed by atoms with Crippen LogP contribution in [-0.4, -0.2) is 37.5 Å². The summed E-state index contributed by atoms with van der Waals surface area (Å²) in [5.74, 6) is -1.05. The molecule has 0 radical (unpaired) electrons. The molecular formula is C10H14ClFN2O3S. The first kappa shape index (κ1) is 15.2. The van der Waals surface area contributed by atoms with Crippen LogP contribution in [0.5, 0.6) is 0 Å². The van der Waals surface area contributed by atoms with Gasteiger partial charge in [-0.15, -0.1) is 0 Å². The van der Waals surface area contributed by atoms with E-state index in [2.05, 4.69) is 0 Å². The number of hydrogen-bond acceptors (Lipinski definition) is 4. The van der Waals surface area contributed by atoms with Crippen LogP contribution in [0.25, 0.3) is 0 Å². The van der Waals surface area contributed by atoms with Crippen LogP contribution >= 0.6 is 11.6 Å². The standard InChI is InChI=1S/C10H14ClFN2O3S/c1-6(5-15)14(2)18(16,17)9-4-7(11)3-8(13)10(9)12/h3-4,6,15H,5,13H2,1-2H3. The third-order valence-corrected chi connectivity index (χ3v) is 4.76. The summed E-state index contributed by atoms with van der Waals surface area (Å²) in [6.45, 7) is 1.11. The van der Waals surface area contributed by atoms with E-state index in [1.165, 1.54) is 14.0 Å². The van der Waals surface area contributed by atoms with Crippen LogP contribution in [0.2, 0.25) is 5.02 Å². The van der Waals surface area contributed by atoms with Gasteiger partial charge in [0.25, 0.3) is 0 Å². The second-order valence-electron chi connectivity index (χ2n) is 3.86. The Labute approximate surface area is 110 Å². The average molecular weight is 297 g/mol. The highest BCUT2D eigenvalue weighted by atomic mass is 35.5. The van der Waals surface area contributed by atoms with E-state index >= 15 is 0 Å².